The van der Waals surface area contributed by atoms with Gasteiger partial charge < -0.3 is 4.74 Å². The summed E-state index contributed by atoms with van der Waals surface area (Å²) in [7, 11) is 0. The lowest BCUT2D eigenvalue weighted by molar-refractivity contribution is -0.140. The third kappa shape index (κ3) is 2.28. The van der Waals surface area contributed by atoms with Crippen molar-refractivity contribution in [1.82, 2.24) is 5.01 Å². The van der Waals surface area contributed by atoms with Gasteiger partial charge in [0.1, 0.15) is 12.4 Å². The minimum atomic E-state index is -0.209. The molecule has 1 aliphatic heterocycles. The molecule has 0 N–H and O–H groups in total. The van der Waals surface area contributed by atoms with Gasteiger partial charge in [0.25, 0.3) is 11.8 Å². The first kappa shape index (κ1) is 14.9. The van der Waals surface area contributed by atoms with Crippen molar-refractivity contribution in [2.45, 2.75) is 6.42 Å². The molecule has 1 saturated heterocycles. The van der Waals surface area contributed by atoms with E-state index in [9.17, 15) is 9.59 Å². The van der Waals surface area contributed by atoms with Gasteiger partial charge in [-0.2, -0.15) is 10.1 Å². The highest BCUT2D eigenvalue weighted by molar-refractivity contribution is 6.06. The fourth-order valence-electron chi connectivity index (χ4n) is 3.93. The van der Waals surface area contributed by atoms with Gasteiger partial charge in [-0.1, -0.05) is 24.8 Å². The van der Waals surface area contributed by atoms with Gasteiger partial charge in [-0.15, -0.1) is 0 Å². The molecule has 4 rings (SSSR count). The number of carbonyl (C=O) groups excluding carboxylic acids is 2. The van der Waals surface area contributed by atoms with E-state index in [4.69, 9.17) is 4.74 Å². The van der Waals surface area contributed by atoms with E-state index in [1.165, 1.54) is 0 Å². The highest BCUT2D eigenvalue weighted by Gasteiger charge is 2.59. The van der Waals surface area contributed by atoms with Crippen LogP contribution in [0.25, 0.3) is 0 Å². The van der Waals surface area contributed by atoms with Crippen molar-refractivity contribution in [3.63, 3.8) is 0 Å². The number of hydrazone groups is 1. The third-order valence-electron chi connectivity index (χ3n) is 5.02. The highest BCUT2D eigenvalue weighted by atomic mass is 16.5. The number of nitrogens with zero attached hydrogens (tertiary/aromatic N) is 2. The molecule has 0 aromatic heterocycles. The Bertz CT molecular complexity index is 720. The Hall–Kier alpha value is -2.69. The van der Waals surface area contributed by atoms with Crippen molar-refractivity contribution in [2.24, 2.45) is 28.8 Å². The second-order valence-corrected chi connectivity index (χ2v) is 6.40. The standard InChI is InChI=1S/C19H18N2O3/c1-2-9-24-15-7-3-12(4-8-15)11-20-21-18(22)16-13-5-6-14(10-13)17(16)19(21)23/h2-8,11,13-14,16-17H,1,9-10H2. The van der Waals surface area contributed by atoms with Crippen LogP contribution in [0.15, 0.2) is 54.2 Å². The molecule has 4 unspecified atom stereocenters. The second-order valence-electron chi connectivity index (χ2n) is 6.40. The van der Waals surface area contributed by atoms with Crippen LogP contribution < -0.4 is 4.74 Å². The van der Waals surface area contributed by atoms with E-state index in [0.29, 0.717) is 6.61 Å². The first-order chi connectivity index (χ1) is 11.7. The molecule has 5 heteroatoms. The van der Waals surface area contributed by atoms with Gasteiger partial charge in [0.2, 0.25) is 0 Å². The maximum absolute atomic E-state index is 12.5. The summed E-state index contributed by atoms with van der Waals surface area (Å²) < 4.78 is 5.41. The van der Waals surface area contributed by atoms with Crippen LogP contribution in [0.2, 0.25) is 0 Å². The molecular weight excluding hydrogens is 304 g/mol. The first-order valence-electron chi connectivity index (χ1n) is 8.13. The van der Waals surface area contributed by atoms with Gasteiger partial charge >= 0.3 is 0 Å². The zero-order chi connectivity index (χ0) is 16.7. The quantitative estimate of drug-likeness (QED) is 0.475. The number of imide groups is 1. The molecule has 2 aliphatic carbocycles. The topological polar surface area (TPSA) is 59.0 Å². The second kappa shape index (κ2) is 5.74. The van der Waals surface area contributed by atoms with Gasteiger partial charge in [-0.25, -0.2) is 0 Å². The predicted octanol–water partition coefficient (Wildman–Crippen LogP) is 2.39. The molecule has 1 aromatic rings. The molecule has 2 bridgehead atoms. The average Bonchev–Trinajstić information content (AvgIpc) is 3.27. The normalized spacial score (nSPS) is 30.4. The van der Waals surface area contributed by atoms with Crippen molar-refractivity contribution in [3.05, 3.63) is 54.6 Å². The first-order valence-corrected chi connectivity index (χ1v) is 8.13. The lowest BCUT2D eigenvalue weighted by Gasteiger charge is -2.13. The number of ether oxygens (including phenoxy) is 1. The predicted molar refractivity (Wildman–Crippen MR) is 89.3 cm³/mol. The van der Waals surface area contributed by atoms with Crippen LogP contribution in [0.1, 0.15) is 12.0 Å². The molecule has 4 atom stereocenters. The molecule has 1 aromatic carbocycles. The minimum Gasteiger partial charge on any atom is -0.490 e. The van der Waals surface area contributed by atoms with Crippen LogP contribution in [-0.4, -0.2) is 29.6 Å². The summed E-state index contributed by atoms with van der Waals surface area (Å²) >= 11 is 0. The van der Waals surface area contributed by atoms with Gasteiger partial charge in [-0.05, 0) is 48.1 Å². The number of amides is 2. The summed E-state index contributed by atoms with van der Waals surface area (Å²) in [5.41, 5.74) is 0.805. The summed E-state index contributed by atoms with van der Waals surface area (Å²) in [4.78, 5) is 25.0. The monoisotopic (exact) mass is 322 g/mol. The molecule has 1 saturated carbocycles. The lowest BCUT2D eigenvalue weighted by Crippen LogP contribution is -2.28. The SMILES string of the molecule is C=CCOc1ccc(C=NN2C(=O)C3C4C=CC(C4)C3C2=O)cc1. The molecule has 2 fully saturated rings. The molecule has 24 heavy (non-hydrogen) atoms. The average molecular weight is 322 g/mol. The van der Waals surface area contributed by atoms with E-state index in [-0.39, 0.29) is 35.5 Å². The Kier molecular flexibility index (Phi) is 3.56. The summed E-state index contributed by atoms with van der Waals surface area (Å²) in [6.07, 6.45) is 8.30. The van der Waals surface area contributed by atoms with Crippen LogP contribution in [0.5, 0.6) is 5.75 Å². The van der Waals surface area contributed by atoms with Gasteiger partial charge in [0.05, 0.1) is 18.1 Å². The summed E-state index contributed by atoms with van der Waals surface area (Å²) in [5, 5.41) is 5.21. The Morgan fingerprint density at radius 1 is 1.12 bits per heavy atom. The zero-order valence-corrected chi connectivity index (χ0v) is 13.2. The van der Waals surface area contributed by atoms with Crippen LogP contribution in [-0.2, 0) is 9.59 Å². The van der Waals surface area contributed by atoms with Crippen LogP contribution in [0.3, 0.4) is 0 Å². The van der Waals surface area contributed by atoms with Crippen molar-refractivity contribution >= 4 is 18.0 Å². The number of hydrogen-bond acceptors (Lipinski definition) is 4. The highest BCUT2D eigenvalue weighted by Crippen LogP contribution is 2.52. The number of allylic oxidation sites excluding steroid dienone is 2. The molecule has 5 nitrogen and oxygen atoms in total. The van der Waals surface area contributed by atoms with Gasteiger partial charge in [0.15, 0.2) is 0 Å². The number of rotatable bonds is 5. The molecule has 0 radical (unpaired) electrons. The largest absolute Gasteiger partial charge is 0.490 e. The van der Waals surface area contributed by atoms with E-state index < -0.39 is 0 Å². The molecule has 1 heterocycles. The van der Waals surface area contributed by atoms with E-state index >= 15 is 0 Å². The summed E-state index contributed by atoms with van der Waals surface area (Å²) in [5.74, 6) is 0.403. The van der Waals surface area contributed by atoms with Crippen LogP contribution in [0, 0.1) is 23.7 Å². The van der Waals surface area contributed by atoms with Crippen molar-refractivity contribution < 1.29 is 14.3 Å². The lowest BCUT2D eigenvalue weighted by atomic mass is 9.85. The molecule has 122 valence electrons. The summed E-state index contributed by atoms with van der Waals surface area (Å²) in [6, 6.07) is 7.30. The number of fused-ring (bicyclic) bond motifs is 5. The van der Waals surface area contributed by atoms with E-state index in [2.05, 4.69) is 23.8 Å². The van der Waals surface area contributed by atoms with Crippen molar-refractivity contribution in [1.29, 1.82) is 0 Å². The maximum atomic E-state index is 12.5. The Balaban J connectivity index is 1.47. The van der Waals surface area contributed by atoms with Crippen molar-refractivity contribution in [3.8, 4) is 5.75 Å². The fraction of sp³-hybridized carbons (Fsp3) is 0.316. The Morgan fingerprint density at radius 2 is 1.75 bits per heavy atom. The number of hydrogen-bond donors (Lipinski definition) is 0. The fourth-order valence-corrected chi connectivity index (χ4v) is 3.93. The summed E-state index contributed by atoms with van der Waals surface area (Å²) in [6.45, 7) is 4.05. The maximum Gasteiger partial charge on any atom is 0.254 e. The minimum absolute atomic E-state index is 0.163. The van der Waals surface area contributed by atoms with E-state index in [1.54, 1.807) is 12.3 Å². The van der Waals surface area contributed by atoms with Gasteiger partial charge in [0, 0.05) is 0 Å². The third-order valence-corrected chi connectivity index (χ3v) is 5.02. The molecular formula is C19H18N2O3. The number of carbonyl (C=O) groups is 2. The Labute approximate surface area is 140 Å². The number of benzene rings is 1. The van der Waals surface area contributed by atoms with Crippen molar-refractivity contribution in [2.75, 3.05) is 6.61 Å². The van der Waals surface area contributed by atoms with E-state index in [1.807, 2.05) is 24.3 Å². The molecule has 3 aliphatic rings. The smallest absolute Gasteiger partial charge is 0.254 e. The zero-order valence-electron chi connectivity index (χ0n) is 13.2. The van der Waals surface area contributed by atoms with Gasteiger partial charge in [-0.3, -0.25) is 9.59 Å². The molecule has 2 amide bonds. The Morgan fingerprint density at radius 3 is 2.33 bits per heavy atom. The van der Waals surface area contributed by atoms with Crippen LogP contribution >= 0.6 is 0 Å². The van der Waals surface area contributed by atoms with Crippen LogP contribution in [0.4, 0.5) is 0 Å². The molecule has 0 spiro atoms. The van der Waals surface area contributed by atoms with E-state index in [0.717, 1.165) is 22.7 Å².